The average molecular weight is 197 g/mol. The Morgan fingerprint density at radius 1 is 1.62 bits per heavy atom. The van der Waals surface area contributed by atoms with Crippen LogP contribution in [0.15, 0.2) is 23.4 Å². The third-order valence-electron chi connectivity index (χ3n) is 2.43. The van der Waals surface area contributed by atoms with E-state index in [1.807, 2.05) is 18.3 Å². The molecular weight excluding hydrogens is 186 g/mol. The normalized spacial score (nSPS) is 19.4. The molecule has 0 radical (unpaired) electrons. The molecule has 0 spiro atoms. The highest BCUT2D eigenvalue weighted by molar-refractivity contribution is 8.01. The van der Waals surface area contributed by atoms with Gasteiger partial charge in [0.05, 0.1) is 5.03 Å². The van der Waals surface area contributed by atoms with Crippen LogP contribution in [0.5, 0.6) is 0 Å². The quantitative estimate of drug-likeness (QED) is 0.780. The van der Waals surface area contributed by atoms with Crippen molar-refractivity contribution in [3.8, 4) is 0 Å². The second kappa shape index (κ2) is 3.10. The lowest BCUT2D eigenvalue weighted by Gasteiger charge is -2.36. The molecular formula is C9H11NO2S. The molecule has 2 N–H and O–H groups in total. The number of hydrogen-bond acceptors (Lipinski definition) is 2. The van der Waals surface area contributed by atoms with Gasteiger partial charge in [0.2, 0.25) is 0 Å². The number of aromatic nitrogens is 1. The van der Waals surface area contributed by atoms with Gasteiger partial charge in [-0.3, -0.25) is 4.79 Å². The molecule has 13 heavy (non-hydrogen) atoms. The Kier molecular flexibility index (Phi) is 2.07. The van der Waals surface area contributed by atoms with E-state index < -0.39 is 10.7 Å². The monoisotopic (exact) mass is 197 g/mol. The van der Waals surface area contributed by atoms with Crippen LogP contribution in [-0.2, 0) is 4.79 Å². The molecule has 0 amide bonds. The smallest absolute Gasteiger partial charge is 0.320 e. The van der Waals surface area contributed by atoms with Crippen molar-refractivity contribution in [3.05, 3.63) is 18.3 Å². The highest BCUT2D eigenvalue weighted by atomic mass is 32.2. The molecule has 0 unspecified atom stereocenters. The largest absolute Gasteiger partial charge is 0.480 e. The van der Waals surface area contributed by atoms with Crippen LogP contribution >= 0.6 is 11.8 Å². The molecule has 1 fully saturated rings. The van der Waals surface area contributed by atoms with Crippen LogP contribution in [0.2, 0.25) is 0 Å². The zero-order chi connectivity index (χ0) is 9.31. The van der Waals surface area contributed by atoms with Crippen molar-refractivity contribution < 1.29 is 9.90 Å². The number of nitrogens with one attached hydrogen (secondary N) is 1. The fourth-order valence-electron chi connectivity index (χ4n) is 1.45. The minimum absolute atomic E-state index is 0.551. The van der Waals surface area contributed by atoms with Gasteiger partial charge < -0.3 is 10.1 Å². The Morgan fingerprint density at radius 2 is 2.38 bits per heavy atom. The third-order valence-corrected chi connectivity index (χ3v) is 3.87. The van der Waals surface area contributed by atoms with E-state index in [2.05, 4.69) is 4.98 Å². The molecule has 0 saturated heterocycles. The standard InChI is InChI=1S/C9H11NO2S/c11-8(12)9(4-2-5-9)13-7-3-1-6-10-7/h1,3,6,10H,2,4-5H2,(H,11,12). The molecule has 1 aliphatic rings. The highest BCUT2D eigenvalue weighted by Crippen LogP contribution is 2.47. The Hall–Kier alpha value is -0.900. The first-order chi connectivity index (χ1) is 6.23. The van der Waals surface area contributed by atoms with Gasteiger partial charge in [0.15, 0.2) is 0 Å². The van der Waals surface area contributed by atoms with Crippen LogP contribution in [0, 0.1) is 0 Å². The van der Waals surface area contributed by atoms with Gasteiger partial charge in [-0.05, 0) is 31.4 Å². The second-order valence-electron chi connectivity index (χ2n) is 3.29. The lowest BCUT2D eigenvalue weighted by atomic mass is 9.84. The molecule has 1 heterocycles. The maximum Gasteiger partial charge on any atom is 0.320 e. The fraction of sp³-hybridized carbons (Fsp3) is 0.444. The Balaban J connectivity index is 2.11. The SMILES string of the molecule is O=C(O)C1(Sc2ccc[nH]2)CCC1. The topological polar surface area (TPSA) is 53.1 Å². The number of hydrogen-bond donors (Lipinski definition) is 2. The number of aliphatic carboxylic acids is 1. The second-order valence-corrected chi connectivity index (χ2v) is 4.71. The molecule has 0 aliphatic heterocycles. The van der Waals surface area contributed by atoms with E-state index in [0.717, 1.165) is 24.3 Å². The van der Waals surface area contributed by atoms with Crippen LogP contribution in [0.1, 0.15) is 19.3 Å². The Bertz CT molecular complexity index is 303. The van der Waals surface area contributed by atoms with E-state index in [4.69, 9.17) is 5.11 Å². The molecule has 1 aliphatic carbocycles. The number of carboxylic acids is 1. The minimum Gasteiger partial charge on any atom is -0.480 e. The lowest BCUT2D eigenvalue weighted by molar-refractivity contribution is -0.142. The van der Waals surface area contributed by atoms with E-state index in [1.165, 1.54) is 11.8 Å². The minimum atomic E-state index is -0.682. The van der Waals surface area contributed by atoms with Crippen LogP contribution < -0.4 is 0 Å². The van der Waals surface area contributed by atoms with Gasteiger partial charge in [0.1, 0.15) is 4.75 Å². The van der Waals surface area contributed by atoms with Gasteiger partial charge in [0, 0.05) is 6.20 Å². The molecule has 0 aromatic carbocycles. The summed E-state index contributed by atoms with van der Waals surface area (Å²) in [6.07, 6.45) is 4.41. The van der Waals surface area contributed by atoms with Gasteiger partial charge >= 0.3 is 5.97 Å². The molecule has 70 valence electrons. The first-order valence-corrected chi connectivity index (χ1v) is 5.10. The van der Waals surface area contributed by atoms with Crippen molar-refractivity contribution in [1.29, 1.82) is 0 Å². The van der Waals surface area contributed by atoms with E-state index in [9.17, 15) is 4.79 Å². The van der Waals surface area contributed by atoms with Gasteiger partial charge in [-0.25, -0.2) is 0 Å². The molecule has 1 saturated carbocycles. The number of carbonyl (C=O) groups is 1. The third kappa shape index (κ3) is 1.46. The highest BCUT2D eigenvalue weighted by Gasteiger charge is 2.45. The van der Waals surface area contributed by atoms with E-state index in [0.29, 0.717) is 0 Å². The van der Waals surface area contributed by atoms with Crippen molar-refractivity contribution in [2.24, 2.45) is 0 Å². The lowest BCUT2D eigenvalue weighted by Crippen LogP contribution is -2.41. The first kappa shape index (κ1) is 8.69. The summed E-state index contributed by atoms with van der Waals surface area (Å²) in [5, 5.41) is 9.99. The van der Waals surface area contributed by atoms with Crippen molar-refractivity contribution in [3.63, 3.8) is 0 Å². The van der Waals surface area contributed by atoms with Crippen molar-refractivity contribution in [1.82, 2.24) is 4.98 Å². The zero-order valence-corrected chi connectivity index (χ0v) is 7.93. The van der Waals surface area contributed by atoms with Gasteiger partial charge in [-0.1, -0.05) is 11.8 Å². The molecule has 1 aromatic heterocycles. The number of carboxylic acid groups (broad SMARTS) is 1. The van der Waals surface area contributed by atoms with Gasteiger partial charge in [-0.2, -0.15) is 0 Å². The summed E-state index contributed by atoms with van der Waals surface area (Å²) in [5.74, 6) is -0.682. The van der Waals surface area contributed by atoms with Crippen molar-refractivity contribution >= 4 is 17.7 Å². The van der Waals surface area contributed by atoms with E-state index in [-0.39, 0.29) is 0 Å². The predicted octanol–water partition coefficient (Wildman–Crippen LogP) is 2.11. The summed E-state index contributed by atoms with van der Waals surface area (Å²) >= 11 is 1.44. The molecule has 2 rings (SSSR count). The maximum absolute atomic E-state index is 11.0. The molecule has 1 aromatic rings. The Morgan fingerprint density at radius 3 is 2.77 bits per heavy atom. The average Bonchev–Trinajstić information content (AvgIpc) is 2.47. The first-order valence-electron chi connectivity index (χ1n) is 4.29. The Labute approximate surface area is 80.5 Å². The van der Waals surface area contributed by atoms with Crippen LogP contribution in [0.4, 0.5) is 0 Å². The fourth-order valence-corrected chi connectivity index (χ4v) is 2.72. The summed E-state index contributed by atoms with van der Waals surface area (Å²) in [6, 6.07) is 3.80. The van der Waals surface area contributed by atoms with Gasteiger partial charge in [0.25, 0.3) is 0 Å². The van der Waals surface area contributed by atoms with E-state index in [1.54, 1.807) is 0 Å². The number of H-pyrrole nitrogens is 1. The van der Waals surface area contributed by atoms with Crippen molar-refractivity contribution in [2.45, 2.75) is 29.0 Å². The number of rotatable bonds is 3. The van der Waals surface area contributed by atoms with Crippen LogP contribution in [-0.4, -0.2) is 20.8 Å². The van der Waals surface area contributed by atoms with E-state index >= 15 is 0 Å². The van der Waals surface area contributed by atoms with Crippen LogP contribution in [0.3, 0.4) is 0 Å². The summed E-state index contributed by atoms with van der Waals surface area (Å²) < 4.78 is -0.551. The summed E-state index contributed by atoms with van der Waals surface area (Å²) in [5.41, 5.74) is 0. The molecule has 0 bridgehead atoms. The van der Waals surface area contributed by atoms with Gasteiger partial charge in [-0.15, -0.1) is 0 Å². The summed E-state index contributed by atoms with van der Waals surface area (Å²) in [7, 11) is 0. The van der Waals surface area contributed by atoms with Crippen LogP contribution in [0.25, 0.3) is 0 Å². The predicted molar refractivity (Wildman–Crippen MR) is 50.9 cm³/mol. The molecule has 3 nitrogen and oxygen atoms in total. The zero-order valence-electron chi connectivity index (χ0n) is 7.12. The number of thioether (sulfide) groups is 1. The summed E-state index contributed by atoms with van der Waals surface area (Å²) in [6.45, 7) is 0. The summed E-state index contributed by atoms with van der Waals surface area (Å²) in [4.78, 5) is 14.0. The maximum atomic E-state index is 11.0. The molecule has 4 heteroatoms. The number of aromatic amines is 1. The van der Waals surface area contributed by atoms with Crippen molar-refractivity contribution in [2.75, 3.05) is 0 Å². The molecule has 0 atom stereocenters.